The Morgan fingerprint density at radius 1 is 0.265 bits per heavy atom. The number of para-hydroxylation sites is 4. The highest BCUT2D eigenvalue weighted by Gasteiger charge is 2.55. The summed E-state index contributed by atoms with van der Waals surface area (Å²) in [5.74, 6) is 1.36. The quantitative estimate of drug-likeness (QED) is 0.134. The van der Waals surface area contributed by atoms with E-state index in [0.29, 0.717) is 17.2 Å². The van der Waals surface area contributed by atoms with Crippen LogP contribution in [0.25, 0.3) is 105 Å². The second-order valence-electron chi connectivity index (χ2n) is 40.8. The number of rotatable bonds is 9. The van der Waals surface area contributed by atoms with Gasteiger partial charge in [-0.05, 0) is 239 Å². The zero-order chi connectivity index (χ0) is 96.3. The van der Waals surface area contributed by atoms with Crippen LogP contribution in [0.1, 0.15) is 139 Å². The van der Waals surface area contributed by atoms with Gasteiger partial charge in [0.2, 0.25) is 0 Å². The SMILES string of the molecule is [2H]c1c([2H])c([2H])c2c(c1[2H])c1c([2H])c([2H])c([2H])c([2H])c1n2-c1cc2c3c(c1)N(c1c(-c4ccccc4)cc(C(C)(C)C)cc1-c1ccccc1)c1ccccc1B3c1cc3c(cc1N2c1cc(C(C)(C)C)cc(C(C)(C)C)c1)Oc1cc(-c2cccc4c2C2(c5ccccc5-c5ccccc52)c2ccccc2-4)cc2c1B3c1ccccc1N2c1c(-c2ccccc2)cc(C(C)(C)C)cc1-c1ccccc1. The van der Waals surface area contributed by atoms with Gasteiger partial charge in [0.05, 0.1) is 44.5 Å². The van der Waals surface area contributed by atoms with Gasteiger partial charge in [-0.3, -0.25) is 0 Å². The minimum atomic E-state index is -0.736. The van der Waals surface area contributed by atoms with E-state index in [0.717, 1.165) is 156 Å². The van der Waals surface area contributed by atoms with E-state index in [1.54, 1.807) is 4.57 Å². The first kappa shape index (κ1) is 71.0. The maximum Gasteiger partial charge on any atom is 0.256 e. The molecule has 5 nitrogen and oxygen atoms in total. The van der Waals surface area contributed by atoms with E-state index in [-0.39, 0.29) is 32.6 Å². The molecule has 2 aliphatic carbocycles. The van der Waals surface area contributed by atoms with Gasteiger partial charge in [-0.25, -0.2) is 0 Å². The van der Waals surface area contributed by atoms with Crippen molar-refractivity contribution in [2.45, 2.75) is 110 Å². The lowest BCUT2D eigenvalue weighted by Crippen LogP contribution is -2.64. The fraction of sp³-hybridized carbons (Fsp3) is 0.136. The molecule has 6 aliphatic rings. The number of hydrogen-bond donors (Lipinski definition) is 0. The molecule has 5 heterocycles. The van der Waals surface area contributed by atoms with E-state index >= 15 is 0 Å². The van der Waals surface area contributed by atoms with Crippen molar-refractivity contribution >= 4 is 119 Å². The molecule has 1 spiro atoms. The first-order valence-corrected chi connectivity index (χ1v) is 46.4. The van der Waals surface area contributed by atoms with Crippen LogP contribution in [0, 0.1) is 0 Å². The third-order valence-corrected chi connectivity index (χ3v) is 29.0. The average molecular weight is 1700 g/mol. The molecule has 632 valence electrons. The molecule has 0 atom stereocenters. The fourth-order valence-corrected chi connectivity index (χ4v) is 22.8. The number of anilines is 9. The first-order chi connectivity index (χ1) is 67.4. The Bertz CT molecular complexity index is 8290. The van der Waals surface area contributed by atoms with Crippen LogP contribution >= 0.6 is 0 Å². The lowest BCUT2D eigenvalue weighted by Gasteiger charge is -2.46. The van der Waals surface area contributed by atoms with Gasteiger partial charge in [0.1, 0.15) is 11.5 Å². The molecule has 0 bridgehead atoms. The Morgan fingerprint density at radius 2 is 0.644 bits per heavy atom. The number of benzene rings is 18. The van der Waals surface area contributed by atoms with Crippen molar-refractivity contribution in [2.24, 2.45) is 0 Å². The zero-order valence-corrected chi connectivity index (χ0v) is 76.2. The summed E-state index contributed by atoms with van der Waals surface area (Å²) in [5.41, 5.74) is 36.8. The van der Waals surface area contributed by atoms with E-state index in [9.17, 15) is 11.0 Å². The van der Waals surface area contributed by atoms with E-state index in [4.69, 9.17) is 4.74 Å². The molecule has 0 saturated heterocycles. The molecule has 18 aromatic carbocycles. The molecule has 132 heavy (non-hydrogen) atoms. The number of ether oxygens (including phenoxy) is 1. The van der Waals surface area contributed by atoms with E-state index in [1.165, 1.54) is 50.1 Å². The van der Waals surface area contributed by atoms with Crippen molar-refractivity contribution in [3.63, 3.8) is 0 Å². The maximum atomic E-state index is 10.3. The molecule has 7 heteroatoms. The van der Waals surface area contributed by atoms with Gasteiger partial charge < -0.3 is 24.0 Å². The van der Waals surface area contributed by atoms with Crippen molar-refractivity contribution < 1.29 is 15.7 Å². The second-order valence-corrected chi connectivity index (χ2v) is 40.8. The molecular formula is C125H100B2N4O. The van der Waals surface area contributed by atoms with Crippen molar-refractivity contribution in [3.8, 4) is 95.1 Å². The van der Waals surface area contributed by atoms with Gasteiger partial charge in [0.25, 0.3) is 13.4 Å². The Balaban J connectivity index is 0.836. The van der Waals surface area contributed by atoms with E-state index in [2.05, 4.69) is 438 Å². The van der Waals surface area contributed by atoms with Gasteiger partial charge in [-0.1, -0.05) is 380 Å². The number of nitrogens with zero attached hydrogens (tertiary/aromatic N) is 4. The molecule has 4 aliphatic heterocycles. The molecule has 0 saturated carbocycles. The molecule has 0 radical (unpaired) electrons. The summed E-state index contributed by atoms with van der Waals surface area (Å²) in [6, 6.07) is 122. The third-order valence-electron chi connectivity index (χ3n) is 29.0. The predicted molar refractivity (Wildman–Crippen MR) is 559 cm³/mol. The standard InChI is InChI=1S/C125H100B2N4O/c1-121(2,3)82-66-83(122(4,5)6)68-86(67-82)129-110-76-114-105(75-104(110)126-102-58-33-37-62-108(102)131(113-74-87(73-112(129)117(113)126)128-106-60-35-28-51-92(106)93-52-29-36-61-107(93)128)120-97(79-44-21-15-22-45-79)71-85(124(10,11)12)72-98(120)80-46-23-16-24-47-80)127-103-59-34-38-63-109(103)130(119-95(77-40-17-13-18-41-77)69-84(123(7,8)9)70-96(119)78-42-19-14-20-43-78)111-64-81(65-115(132-114)118(111)127)88-53-39-54-94-91-50-27-32-57-101(91)125(116(88)94)99-55-30-25-48-89(99)90-49-26-31-56-100(90)125/h13-76H,1-12H3/i28D,29D,35D,36D,51D,52D,60D,61D. The van der Waals surface area contributed by atoms with Crippen LogP contribution in [-0.4, -0.2) is 18.0 Å². The normalized spacial score (nSPS) is 14.8. The van der Waals surface area contributed by atoms with Gasteiger partial charge in [-0.2, -0.15) is 0 Å². The van der Waals surface area contributed by atoms with Crippen LogP contribution < -0.4 is 52.2 Å². The fourth-order valence-electron chi connectivity index (χ4n) is 22.8. The summed E-state index contributed by atoms with van der Waals surface area (Å²) >= 11 is 0. The van der Waals surface area contributed by atoms with E-state index < -0.39 is 78.0 Å². The van der Waals surface area contributed by atoms with Crippen molar-refractivity contribution in [1.29, 1.82) is 0 Å². The summed E-state index contributed by atoms with van der Waals surface area (Å²) < 4.78 is 88.9. The molecule has 19 aromatic rings. The van der Waals surface area contributed by atoms with Crippen LogP contribution in [0.2, 0.25) is 0 Å². The first-order valence-electron chi connectivity index (χ1n) is 50.4. The number of fused-ring (bicyclic) bond motifs is 21. The Kier molecular flexibility index (Phi) is 15.6. The van der Waals surface area contributed by atoms with Crippen LogP contribution in [-0.2, 0) is 27.1 Å². The van der Waals surface area contributed by atoms with Crippen molar-refractivity contribution in [2.75, 3.05) is 14.7 Å². The van der Waals surface area contributed by atoms with Gasteiger partial charge >= 0.3 is 0 Å². The summed E-state index contributed by atoms with van der Waals surface area (Å²) in [6.07, 6.45) is 0. The number of hydrogen-bond acceptors (Lipinski definition) is 4. The van der Waals surface area contributed by atoms with Crippen molar-refractivity contribution in [3.05, 3.63) is 433 Å². The molecule has 0 N–H and O–H groups in total. The minimum Gasteiger partial charge on any atom is -0.458 e. The Hall–Kier alpha value is -14.9. The average Bonchev–Trinajstić information content (AvgIpc) is 1.56. The lowest BCUT2D eigenvalue weighted by molar-refractivity contribution is 0.488. The highest BCUT2D eigenvalue weighted by Crippen LogP contribution is 2.66. The van der Waals surface area contributed by atoms with Gasteiger partial charge in [-0.15, -0.1) is 0 Å². The summed E-state index contributed by atoms with van der Waals surface area (Å²) in [5, 5.41) is -0.0282. The number of aromatic nitrogens is 1. The smallest absolute Gasteiger partial charge is 0.256 e. The largest absolute Gasteiger partial charge is 0.458 e. The molecule has 25 rings (SSSR count). The summed E-state index contributed by atoms with van der Waals surface area (Å²) in [4.78, 5) is 7.48. The van der Waals surface area contributed by atoms with E-state index in [1.807, 2.05) is 0 Å². The van der Waals surface area contributed by atoms with Crippen LogP contribution in [0.3, 0.4) is 0 Å². The molecule has 0 fully saturated rings. The zero-order valence-electron chi connectivity index (χ0n) is 84.2. The third kappa shape index (κ3) is 11.8. The highest BCUT2D eigenvalue weighted by atomic mass is 16.5. The van der Waals surface area contributed by atoms with Crippen molar-refractivity contribution in [1.82, 2.24) is 4.57 Å². The topological polar surface area (TPSA) is 23.9 Å². The highest BCUT2D eigenvalue weighted by molar-refractivity contribution is 7.02. The molecule has 0 unspecified atom stereocenters. The summed E-state index contributed by atoms with van der Waals surface area (Å²) in [7, 11) is 0. The van der Waals surface area contributed by atoms with Gasteiger partial charge in [0.15, 0.2) is 0 Å². The van der Waals surface area contributed by atoms with Crippen LogP contribution in [0.15, 0.2) is 388 Å². The molecule has 1 aromatic heterocycles. The Labute approximate surface area is 787 Å². The second kappa shape index (κ2) is 29.0. The lowest BCUT2D eigenvalue weighted by atomic mass is 9.30. The minimum absolute atomic E-state index is 0.0141. The predicted octanol–water partition coefficient (Wildman–Crippen LogP) is 29.1. The molecular weight excluding hydrogens is 1600 g/mol. The van der Waals surface area contributed by atoms with Gasteiger partial charge in [0, 0.05) is 78.9 Å². The summed E-state index contributed by atoms with van der Waals surface area (Å²) in [6.45, 7) is 26.3. The molecule has 0 amide bonds. The monoisotopic (exact) mass is 1700 g/mol. The van der Waals surface area contributed by atoms with Crippen LogP contribution in [0.5, 0.6) is 11.5 Å². The Morgan fingerprint density at radius 3 is 1.11 bits per heavy atom. The maximum absolute atomic E-state index is 10.3. The van der Waals surface area contributed by atoms with Crippen LogP contribution in [0.4, 0.5) is 51.2 Å².